The Labute approximate surface area is 125 Å². The lowest BCUT2D eigenvalue weighted by Crippen LogP contribution is -2.38. The maximum Gasteiger partial charge on any atom is 0.229 e. The van der Waals surface area contributed by atoms with Crippen LogP contribution in [0.3, 0.4) is 0 Å². The highest BCUT2D eigenvalue weighted by Gasteiger charge is 2.38. The van der Waals surface area contributed by atoms with Crippen LogP contribution >= 0.6 is 0 Å². The summed E-state index contributed by atoms with van der Waals surface area (Å²) in [7, 11) is 0. The molecule has 2 amide bonds. The fourth-order valence-corrected chi connectivity index (χ4v) is 3.42. The Balaban J connectivity index is 1.60. The lowest BCUT2D eigenvalue weighted by molar-refractivity contribution is -0.130. The van der Waals surface area contributed by atoms with Crippen LogP contribution in [0.1, 0.15) is 38.5 Å². The number of anilines is 1. The second kappa shape index (κ2) is 6.29. The van der Waals surface area contributed by atoms with E-state index in [0.717, 1.165) is 18.5 Å². The van der Waals surface area contributed by atoms with E-state index in [1.54, 1.807) is 0 Å². The van der Waals surface area contributed by atoms with E-state index >= 15 is 0 Å². The fraction of sp³-hybridized carbons (Fsp3) is 0.529. The third-order valence-electron chi connectivity index (χ3n) is 4.59. The molecule has 1 aliphatic heterocycles. The topological polar surface area (TPSA) is 49.4 Å². The molecule has 21 heavy (non-hydrogen) atoms. The summed E-state index contributed by atoms with van der Waals surface area (Å²) < 4.78 is 0. The van der Waals surface area contributed by atoms with Crippen molar-refractivity contribution in [2.45, 2.75) is 44.6 Å². The first-order chi connectivity index (χ1) is 10.2. The van der Waals surface area contributed by atoms with E-state index in [1.165, 1.54) is 19.3 Å². The first-order valence-electron chi connectivity index (χ1n) is 7.89. The Morgan fingerprint density at radius 3 is 2.52 bits per heavy atom. The van der Waals surface area contributed by atoms with Crippen molar-refractivity contribution >= 4 is 17.5 Å². The van der Waals surface area contributed by atoms with E-state index in [0.29, 0.717) is 19.0 Å². The van der Waals surface area contributed by atoms with Gasteiger partial charge in [-0.25, -0.2) is 0 Å². The fourth-order valence-electron chi connectivity index (χ4n) is 3.42. The van der Waals surface area contributed by atoms with Gasteiger partial charge in [0.05, 0.1) is 5.92 Å². The Morgan fingerprint density at radius 2 is 1.81 bits per heavy atom. The predicted octanol–water partition coefficient (Wildman–Crippen LogP) is 2.81. The van der Waals surface area contributed by atoms with Crippen LogP contribution in [0.25, 0.3) is 0 Å². The van der Waals surface area contributed by atoms with Crippen molar-refractivity contribution in [1.29, 1.82) is 0 Å². The number of carbonyl (C=O) groups excluding carboxylic acids is 2. The molecule has 0 bridgehead atoms. The van der Waals surface area contributed by atoms with Gasteiger partial charge >= 0.3 is 0 Å². The second-order valence-electron chi connectivity index (χ2n) is 6.09. The van der Waals surface area contributed by atoms with Gasteiger partial charge in [0.1, 0.15) is 0 Å². The molecule has 1 N–H and O–H groups in total. The Morgan fingerprint density at radius 1 is 1.10 bits per heavy atom. The zero-order valence-electron chi connectivity index (χ0n) is 12.3. The summed E-state index contributed by atoms with van der Waals surface area (Å²) >= 11 is 0. The van der Waals surface area contributed by atoms with Crippen LogP contribution in [-0.2, 0) is 9.59 Å². The molecule has 112 valence electrons. The standard InChI is InChI=1S/C17H22N2O2/c20-16-11-13(12-19(16)15-9-5-2-6-10-15)17(21)18-14-7-3-1-4-8-14/h1,3-4,7-8,13,15H,2,5-6,9-12H2,(H,18,21)/t13-/m1/s1. The number of carbonyl (C=O) groups is 2. The van der Waals surface area contributed by atoms with Crippen LogP contribution in [0, 0.1) is 5.92 Å². The molecule has 2 aliphatic rings. The summed E-state index contributed by atoms with van der Waals surface area (Å²) in [6.07, 6.45) is 6.23. The van der Waals surface area contributed by atoms with Gasteiger partial charge in [0.25, 0.3) is 0 Å². The van der Waals surface area contributed by atoms with Gasteiger partial charge in [0.15, 0.2) is 0 Å². The summed E-state index contributed by atoms with van der Waals surface area (Å²) in [5.41, 5.74) is 0.797. The van der Waals surface area contributed by atoms with Gasteiger partial charge < -0.3 is 10.2 Å². The van der Waals surface area contributed by atoms with E-state index in [-0.39, 0.29) is 17.7 Å². The highest BCUT2D eigenvalue weighted by atomic mass is 16.2. The molecule has 4 heteroatoms. The maximum atomic E-state index is 12.3. The minimum absolute atomic E-state index is 0.0344. The largest absolute Gasteiger partial charge is 0.339 e. The lowest BCUT2D eigenvalue weighted by Gasteiger charge is -2.31. The smallest absolute Gasteiger partial charge is 0.229 e. The number of para-hydroxylation sites is 1. The first-order valence-corrected chi connectivity index (χ1v) is 7.89. The van der Waals surface area contributed by atoms with Crippen LogP contribution < -0.4 is 5.32 Å². The molecule has 1 aromatic rings. The van der Waals surface area contributed by atoms with Gasteiger partial charge in [-0.15, -0.1) is 0 Å². The molecule has 0 spiro atoms. The molecule has 0 unspecified atom stereocenters. The number of nitrogens with one attached hydrogen (secondary N) is 1. The number of rotatable bonds is 3. The van der Waals surface area contributed by atoms with Crippen LogP contribution in [-0.4, -0.2) is 29.3 Å². The van der Waals surface area contributed by atoms with Gasteiger partial charge in [-0.1, -0.05) is 37.5 Å². The Hall–Kier alpha value is -1.84. The van der Waals surface area contributed by atoms with Crippen molar-refractivity contribution < 1.29 is 9.59 Å². The molecule has 2 fully saturated rings. The summed E-state index contributed by atoms with van der Waals surface area (Å²) in [5, 5.41) is 2.91. The van der Waals surface area contributed by atoms with Crippen molar-refractivity contribution in [2.75, 3.05) is 11.9 Å². The summed E-state index contributed by atoms with van der Waals surface area (Å²) in [5.74, 6) is -0.0948. The summed E-state index contributed by atoms with van der Waals surface area (Å²) in [6.45, 7) is 0.585. The SMILES string of the molecule is O=C(Nc1ccccc1)[C@@H]1CC(=O)N(C2CCCCC2)C1. The number of hydrogen-bond acceptors (Lipinski definition) is 2. The van der Waals surface area contributed by atoms with Crippen molar-refractivity contribution in [2.24, 2.45) is 5.92 Å². The molecule has 4 nitrogen and oxygen atoms in total. The number of benzene rings is 1. The summed E-state index contributed by atoms with van der Waals surface area (Å²) in [4.78, 5) is 26.4. The predicted molar refractivity (Wildman–Crippen MR) is 81.8 cm³/mol. The molecule has 0 aromatic heterocycles. The maximum absolute atomic E-state index is 12.3. The van der Waals surface area contributed by atoms with Crippen LogP contribution in [0.2, 0.25) is 0 Å². The number of nitrogens with zero attached hydrogens (tertiary/aromatic N) is 1. The number of hydrogen-bond donors (Lipinski definition) is 1. The second-order valence-corrected chi connectivity index (χ2v) is 6.09. The van der Waals surface area contributed by atoms with Crippen LogP contribution in [0.5, 0.6) is 0 Å². The quantitative estimate of drug-likeness (QED) is 0.929. The third-order valence-corrected chi connectivity index (χ3v) is 4.59. The van der Waals surface area contributed by atoms with Gasteiger partial charge in [-0.2, -0.15) is 0 Å². The monoisotopic (exact) mass is 286 g/mol. The van der Waals surface area contributed by atoms with Crippen molar-refractivity contribution in [3.8, 4) is 0 Å². The third kappa shape index (κ3) is 3.26. The van der Waals surface area contributed by atoms with Crippen molar-refractivity contribution in [1.82, 2.24) is 4.90 Å². The average molecular weight is 286 g/mol. The van der Waals surface area contributed by atoms with E-state index in [9.17, 15) is 9.59 Å². The lowest BCUT2D eigenvalue weighted by atomic mass is 9.94. The van der Waals surface area contributed by atoms with Crippen molar-refractivity contribution in [3.63, 3.8) is 0 Å². The van der Waals surface area contributed by atoms with E-state index in [2.05, 4.69) is 5.32 Å². The van der Waals surface area contributed by atoms with Gasteiger partial charge in [0, 0.05) is 24.7 Å². The molecular weight excluding hydrogens is 264 g/mol. The minimum atomic E-state index is -0.209. The molecular formula is C17H22N2O2. The average Bonchev–Trinajstić information content (AvgIpc) is 2.91. The van der Waals surface area contributed by atoms with Gasteiger partial charge in [0.2, 0.25) is 11.8 Å². The molecule has 1 saturated carbocycles. The number of amides is 2. The Bertz CT molecular complexity index is 509. The first kappa shape index (κ1) is 14.1. The molecule has 0 radical (unpaired) electrons. The minimum Gasteiger partial charge on any atom is -0.339 e. The molecule has 1 aromatic carbocycles. The number of likely N-dealkylation sites (tertiary alicyclic amines) is 1. The molecule has 1 saturated heterocycles. The van der Waals surface area contributed by atoms with Crippen LogP contribution in [0.15, 0.2) is 30.3 Å². The molecule has 1 aliphatic carbocycles. The molecule has 1 heterocycles. The molecule has 3 rings (SSSR count). The van der Waals surface area contributed by atoms with Gasteiger partial charge in [-0.05, 0) is 25.0 Å². The van der Waals surface area contributed by atoms with Crippen molar-refractivity contribution in [3.05, 3.63) is 30.3 Å². The van der Waals surface area contributed by atoms with E-state index in [4.69, 9.17) is 0 Å². The Kier molecular flexibility index (Phi) is 4.23. The normalized spacial score (nSPS) is 23.3. The highest BCUT2D eigenvalue weighted by molar-refractivity contribution is 5.97. The summed E-state index contributed by atoms with van der Waals surface area (Å²) in [6, 6.07) is 9.80. The molecule has 1 atom stereocenters. The van der Waals surface area contributed by atoms with E-state index in [1.807, 2.05) is 35.2 Å². The van der Waals surface area contributed by atoms with E-state index < -0.39 is 0 Å². The van der Waals surface area contributed by atoms with Gasteiger partial charge in [-0.3, -0.25) is 9.59 Å². The highest BCUT2D eigenvalue weighted by Crippen LogP contribution is 2.29. The van der Waals surface area contributed by atoms with Crippen LogP contribution in [0.4, 0.5) is 5.69 Å². The zero-order valence-corrected chi connectivity index (χ0v) is 12.3. The zero-order chi connectivity index (χ0) is 14.7.